The number of aliphatic hydroxyl groups is 1. The van der Waals surface area contributed by atoms with E-state index >= 15 is 0 Å². The van der Waals surface area contributed by atoms with E-state index in [4.69, 9.17) is 23.7 Å². The van der Waals surface area contributed by atoms with Crippen molar-refractivity contribution in [3.63, 3.8) is 0 Å². The molecule has 0 saturated carbocycles. The lowest BCUT2D eigenvalue weighted by Gasteiger charge is -2.22. The second-order valence-electron chi connectivity index (χ2n) is 6.87. The van der Waals surface area contributed by atoms with Crippen LogP contribution in [0.1, 0.15) is 17.2 Å². The Labute approximate surface area is 158 Å². The molecule has 1 N–H and O–H groups in total. The lowest BCUT2D eigenvalue weighted by Crippen LogP contribution is -2.21. The zero-order valence-corrected chi connectivity index (χ0v) is 15.5. The molecular formula is C21H24O6. The Morgan fingerprint density at radius 2 is 1.81 bits per heavy atom. The topological polar surface area (TPSA) is 66.4 Å². The van der Waals surface area contributed by atoms with Crippen LogP contribution in [-0.4, -0.2) is 39.3 Å². The van der Waals surface area contributed by atoms with E-state index in [1.807, 2.05) is 36.4 Å². The second-order valence-corrected chi connectivity index (χ2v) is 6.87. The number of benzene rings is 2. The van der Waals surface area contributed by atoms with E-state index in [0.717, 1.165) is 29.0 Å². The Hall–Kier alpha value is -2.44. The summed E-state index contributed by atoms with van der Waals surface area (Å²) in [6.07, 6.45) is 0.639. The van der Waals surface area contributed by atoms with Crippen molar-refractivity contribution in [3.8, 4) is 23.0 Å². The molecule has 0 bridgehead atoms. The van der Waals surface area contributed by atoms with Crippen molar-refractivity contribution in [2.75, 3.05) is 34.2 Å². The summed E-state index contributed by atoms with van der Waals surface area (Å²) in [5.74, 6) is 3.12. The maximum atomic E-state index is 10.0. The summed E-state index contributed by atoms with van der Waals surface area (Å²) in [5, 5.41) is 10.0. The van der Waals surface area contributed by atoms with Gasteiger partial charge in [0.1, 0.15) is 0 Å². The molecule has 6 heteroatoms. The number of ether oxygens (including phenoxy) is 5. The van der Waals surface area contributed by atoms with E-state index in [2.05, 4.69) is 0 Å². The van der Waals surface area contributed by atoms with Gasteiger partial charge >= 0.3 is 0 Å². The van der Waals surface area contributed by atoms with Gasteiger partial charge < -0.3 is 28.8 Å². The fourth-order valence-corrected chi connectivity index (χ4v) is 3.92. The molecule has 27 heavy (non-hydrogen) atoms. The van der Waals surface area contributed by atoms with Crippen molar-refractivity contribution in [2.24, 2.45) is 11.8 Å². The molecule has 4 rings (SSSR count). The minimum absolute atomic E-state index is 0.00789. The van der Waals surface area contributed by atoms with Crippen molar-refractivity contribution in [1.82, 2.24) is 0 Å². The van der Waals surface area contributed by atoms with Crippen LogP contribution in [0.5, 0.6) is 23.0 Å². The van der Waals surface area contributed by atoms with Crippen LogP contribution in [0.4, 0.5) is 0 Å². The molecule has 1 fully saturated rings. The van der Waals surface area contributed by atoms with E-state index in [-0.39, 0.29) is 31.3 Å². The van der Waals surface area contributed by atoms with Gasteiger partial charge in [0.15, 0.2) is 23.0 Å². The average Bonchev–Trinajstić information content (AvgIpc) is 3.33. The quantitative estimate of drug-likeness (QED) is 0.841. The van der Waals surface area contributed by atoms with Gasteiger partial charge in [-0.05, 0) is 47.7 Å². The number of methoxy groups -OCH3 is 2. The van der Waals surface area contributed by atoms with Crippen molar-refractivity contribution >= 4 is 0 Å². The van der Waals surface area contributed by atoms with Crippen LogP contribution in [-0.2, 0) is 11.2 Å². The van der Waals surface area contributed by atoms with Crippen LogP contribution >= 0.6 is 0 Å². The molecular weight excluding hydrogens is 348 g/mol. The average molecular weight is 372 g/mol. The van der Waals surface area contributed by atoms with Crippen LogP contribution in [0.25, 0.3) is 0 Å². The third kappa shape index (κ3) is 3.42. The Kier molecular flexibility index (Phi) is 5.09. The zero-order valence-electron chi connectivity index (χ0n) is 15.5. The number of aliphatic hydroxyl groups excluding tert-OH is 1. The van der Waals surface area contributed by atoms with Gasteiger partial charge in [-0.1, -0.05) is 12.1 Å². The van der Waals surface area contributed by atoms with Crippen molar-refractivity contribution in [2.45, 2.75) is 12.5 Å². The van der Waals surface area contributed by atoms with Crippen molar-refractivity contribution in [1.29, 1.82) is 0 Å². The Morgan fingerprint density at radius 3 is 2.59 bits per heavy atom. The maximum Gasteiger partial charge on any atom is 0.231 e. The molecule has 0 unspecified atom stereocenters. The predicted molar refractivity (Wildman–Crippen MR) is 98.6 cm³/mol. The van der Waals surface area contributed by atoms with Crippen molar-refractivity contribution < 1.29 is 28.8 Å². The highest BCUT2D eigenvalue weighted by atomic mass is 16.7. The van der Waals surface area contributed by atoms with Crippen LogP contribution in [0.15, 0.2) is 36.4 Å². The third-order valence-electron chi connectivity index (χ3n) is 5.37. The predicted octanol–water partition coefficient (Wildman–Crippen LogP) is 2.97. The highest BCUT2D eigenvalue weighted by Gasteiger charge is 2.38. The molecule has 2 aliphatic heterocycles. The van der Waals surface area contributed by atoms with Gasteiger partial charge in [0, 0.05) is 12.5 Å². The minimum Gasteiger partial charge on any atom is -0.493 e. The first-order valence-corrected chi connectivity index (χ1v) is 9.06. The number of fused-ring (bicyclic) bond motifs is 1. The Bertz CT molecular complexity index is 805. The van der Waals surface area contributed by atoms with E-state index in [0.29, 0.717) is 18.1 Å². The standard InChI is InChI=1S/C21H24O6/c1-23-17-6-4-14(9-19(17)24-2)21-16(10-22)15(11-25-21)7-13-3-5-18-20(8-13)27-12-26-18/h3-6,8-9,15-16,21-22H,7,10-12H2,1-2H3/t15-,16-,21+/m0/s1. The van der Waals surface area contributed by atoms with E-state index in [1.165, 1.54) is 0 Å². The third-order valence-corrected chi connectivity index (χ3v) is 5.37. The van der Waals surface area contributed by atoms with Gasteiger partial charge in [0.25, 0.3) is 0 Å². The largest absolute Gasteiger partial charge is 0.493 e. The maximum absolute atomic E-state index is 10.0. The van der Waals surface area contributed by atoms with Crippen LogP contribution in [0.2, 0.25) is 0 Å². The van der Waals surface area contributed by atoms with Crippen LogP contribution < -0.4 is 18.9 Å². The summed E-state index contributed by atoms with van der Waals surface area (Å²) < 4.78 is 27.6. The molecule has 0 aromatic heterocycles. The molecule has 144 valence electrons. The van der Waals surface area contributed by atoms with E-state index < -0.39 is 0 Å². The number of rotatable bonds is 6. The van der Waals surface area contributed by atoms with Crippen molar-refractivity contribution in [3.05, 3.63) is 47.5 Å². The Morgan fingerprint density at radius 1 is 1.00 bits per heavy atom. The molecule has 2 aromatic rings. The lowest BCUT2D eigenvalue weighted by atomic mass is 9.84. The summed E-state index contributed by atoms with van der Waals surface area (Å²) in [7, 11) is 3.23. The molecule has 0 spiro atoms. The van der Waals surface area contributed by atoms with Gasteiger partial charge in [-0.2, -0.15) is 0 Å². The molecule has 2 heterocycles. The minimum atomic E-state index is -0.172. The van der Waals surface area contributed by atoms with Crippen LogP contribution in [0, 0.1) is 11.8 Å². The highest BCUT2D eigenvalue weighted by molar-refractivity contribution is 5.45. The molecule has 3 atom stereocenters. The smallest absolute Gasteiger partial charge is 0.231 e. The first kappa shape index (κ1) is 17.9. The van der Waals surface area contributed by atoms with Crippen LogP contribution in [0.3, 0.4) is 0 Å². The molecule has 1 saturated heterocycles. The molecule has 6 nitrogen and oxygen atoms in total. The highest BCUT2D eigenvalue weighted by Crippen LogP contribution is 2.42. The van der Waals surface area contributed by atoms with Gasteiger partial charge in [0.05, 0.1) is 26.9 Å². The SMILES string of the molecule is COc1ccc([C@H]2OC[C@H](Cc3ccc4c(c3)OCO4)[C@@H]2CO)cc1OC. The van der Waals surface area contributed by atoms with E-state index in [1.54, 1.807) is 14.2 Å². The summed E-state index contributed by atoms with van der Waals surface area (Å²) in [5.41, 5.74) is 2.14. The first-order valence-electron chi connectivity index (χ1n) is 9.06. The second kappa shape index (κ2) is 7.66. The first-order chi connectivity index (χ1) is 13.2. The molecule has 0 amide bonds. The fourth-order valence-electron chi connectivity index (χ4n) is 3.92. The fraction of sp³-hybridized carbons (Fsp3) is 0.429. The van der Waals surface area contributed by atoms with Gasteiger partial charge in [0.2, 0.25) is 6.79 Å². The summed E-state index contributed by atoms with van der Waals surface area (Å²) in [6, 6.07) is 11.8. The molecule has 2 aliphatic rings. The summed E-state index contributed by atoms with van der Waals surface area (Å²) >= 11 is 0. The number of hydrogen-bond acceptors (Lipinski definition) is 6. The number of hydrogen-bond donors (Lipinski definition) is 1. The molecule has 0 radical (unpaired) electrons. The summed E-state index contributed by atoms with van der Waals surface area (Å²) in [6.45, 7) is 0.929. The lowest BCUT2D eigenvalue weighted by molar-refractivity contribution is 0.0717. The molecule has 2 aromatic carbocycles. The zero-order chi connectivity index (χ0) is 18.8. The monoisotopic (exact) mass is 372 g/mol. The Balaban J connectivity index is 1.52. The van der Waals surface area contributed by atoms with E-state index in [9.17, 15) is 5.11 Å². The molecule has 0 aliphatic carbocycles. The summed E-state index contributed by atoms with van der Waals surface area (Å²) in [4.78, 5) is 0. The van der Waals surface area contributed by atoms with Gasteiger partial charge in [-0.25, -0.2) is 0 Å². The van der Waals surface area contributed by atoms with Gasteiger partial charge in [-0.3, -0.25) is 0 Å². The normalized spacial score (nSPS) is 23.4. The van der Waals surface area contributed by atoms with Gasteiger partial charge in [-0.15, -0.1) is 0 Å².